The molecule has 0 aliphatic heterocycles. The molecule has 5 heteroatoms. The van der Waals surface area contributed by atoms with Gasteiger partial charge in [0.2, 0.25) is 0 Å². The Kier molecular flexibility index (Phi) is 4.41. The fourth-order valence-electron chi connectivity index (χ4n) is 3.16. The van der Waals surface area contributed by atoms with E-state index in [2.05, 4.69) is 31.8 Å². The average Bonchev–Trinajstić information content (AvgIpc) is 2.91. The van der Waals surface area contributed by atoms with Crippen molar-refractivity contribution in [3.8, 4) is 6.08 Å². The van der Waals surface area contributed by atoms with Gasteiger partial charge in [0, 0.05) is 12.7 Å². The maximum atomic E-state index is 12.5. The van der Waals surface area contributed by atoms with Crippen LogP contribution in [-0.4, -0.2) is 29.4 Å². The van der Waals surface area contributed by atoms with E-state index < -0.39 is 0 Å². The number of allylic oxidation sites excluding steroid dienone is 4. The largest absolute Gasteiger partial charge is 0.440 e. The fraction of sp³-hybridized carbons (Fsp3) is 0.400. The zero-order chi connectivity index (χ0) is 18.2. The average molecular weight is 340 g/mol. The first-order chi connectivity index (χ1) is 11.7. The zero-order valence-corrected chi connectivity index (χ0v) is 15.4. The third-order valence-electron chi connectivity index (χ3n) is 4.30. The highest BCUT2D eigenvalue weighted by Gasteiger charge is 2.25. The summed E-state index contributed by atoms with van der Waals surface area (Å²) in [6.45, 7) is 8.26. The van der Waals surface area contributed by atoms with Crippen molar-refractivity contribution in [2.45, 2.75) is 34.1 Å². The van der Waals surface area contributed by atoms with E-state index in [9.17, 15) is 4.79 Å². The van der Waals surface area contributed by atoms with Crippen LogP contribution in [0.2, 0.25) is 0 Å². The first kappa shape index (κ1) is 17.3. The standard InChI is InChI=1S/C20H24N2O3/c1-13-6-7-17-16(9-13)21-19(25-17)24-12-18(23)22(5)15-8-14(2)10-20(3,4)11-15/h6-10H,11-12H2,1-5H3. The van der Waals surface area contributed by atoms with Crippen molar-refractivity contribution in [3.63, 3.8) is 0 Å². The number of rotatable bonds is 4. The molecule has 1 aliphatic rings. The van der Waals surface area contributed by atoms with Crippen molar-refractivity contribution in [2.75, 3.05) is 13.7 Å². The number of fused-ring (bicyclic) bond motifs is 1. The molecule has 132 valence electrons. The minimum absolute atomic E-state index is 0.0434. The van der Waals surface area contributed by atoms with E-state index in [1.165, 1.54) is 5.57 Å². The van der Waals surface area contributed by atoms with Crippen LogP contribution < -0.4 is 4.74 Å². The lowest BCUT2D eigenvalue weighted by Gasteiger charge is -2.31. The van der Waals surface area contributed by atoms with Crippen molar-refractivity contribution < 1.29 is 13.9 Å². The third kappa shape index (κ3) is 3.92. The number of hydrogen-bond acceptors (Lipinski definition) is 4. The van der Waals surface area contributed by atoms with Crippen LogP contribution >= 0.6 is 0 Å². The Bertz CT molecular complexity index is 874. The lowest BCUT2D eigenvalue weighted by atomic mass is 9.82. The Morgan fingerprint density at radius 2 is 2.12 bits per heavy atom. The lowest BCUT2D eigenvalue weighted by Crippen LogP contribution is -2.33. The predicted octanol–water partition coefficient (Wildman–Crippen LogP) is 4.23. The molecule has 1 amide bonds. The van der Waals surface area contributed by atoms with Gasteiger partial charge in [0.15, 0.2) is 12.2 Å². The van der Waals surface area contributed by atoms with E-state index in [1.54, 1.807) is 11.9 Å². The molecular weight excluding hydrogens is 316 g/mol. The van der Waals surface area contributed by atoms with Gasteiger partial charge < -0.3 is 14.1 Å². The molecule has 25 heavy (non-hydrogen) atoms. The SMILES string of the molecule is CC1=CC(C)(C)CC(N(C)C(=O)COc2nc3cc(C)ccc3o2)=C1. The molecule has 1 heterocycles. The van der Waals surface area contributed by atoms with E-state index in [4.69, 9.17) is 9.15 Å². The van der Waals surface area contributed by atoms with Gasteiger partial charge in [-0.05, 0) is 49.5 Å². The first-order valence-electron chi connectivity index (χ1n) is 8.40. The molecule has 0 radical (unpaired) electrons. The maximum Gasteiger partial charge on any atom is 0.395 e. The number of nitrogens with zero attached hydrogens (tertiary/aromatic N) is 2. The second-order valence-corrected chi connectivity index (χ2v) is 7.38. The smallest absolute Gasteiger partial charge is 0.395 e. The van der Waals surface area contributed by atoms with Crippen LogP contribution in [0.5, 0.6) is 6.08 Å². The highest BCUT2D eigenvalue weighted by molar-refractivity contribution is 5.79. The fourth-order valence-corrected chi connectivity index (χ4v) is 3.16. The van der Waals surface area contributed by atoms with Crippen molar-refractivity contribution in [3.05, 3.63) is 47.2 Å². The monoisotopic (exact) mass is 340 g/mol. The van der Waals surface area contributed by atoms with Gasteiger partial charge in [-0.25, -0.2) is 0 Å². The van der Waals surface area contributed by atoms with E-state index in [-0.39, 0.29) is 24.0 Å². The van der Waals surface area contributed by atoms with Gasteiger partial charge in [0.05, 0.1) is 0 Å². The van der Waals surface area contributed by atoms with Crippen molar-refractivity contribution in [1.82, 2.24) is 9.88 Å². The number of benzene rings is 1. The number of hydrogen-bond donors (Lipinski definition) is 0. The van der Waals surface area contributed by atoms with Crippen LogP contribution in [0.3, 0.4) is 0 Å². The molecule has 5 nitrogen and oxygen atoms in total. The molecule has 3 rings (SSSR count). The number of aryl methyl sites for hydroxylation is 1. The minimum atomic E-state index is -0.129. The topological polar surface area (TPSA) is 55.6 Å². The quantitative estimate of drug-likeness (QED) is 0.835. The predicted molar refractivity (Wildman–Crippen MR) is 97.2 cm³/mol. The van der Waals surface area contributed by atoms with Crippen molar-refractivity contribution >= 4 is 17.0 Å². The molecule has 0 fully saturated rings. The van der Waals surface area contributed by atoms with Gasteiger partial charge in [-0.15, -0.1) is 0 Å². The van der Waals surface area contributed by atoms with E-state index in [0.29, 0.717) is 5.58 Å². The van der Waals surface area contributed by atoms with E-state index >= 15 is 0 Å². The molecule has 2 aromatic rings. The molecular formula is C20H24N2O3. The van der Waals surface area contributed by atoms with Gasteiger partial charge in [0.1, 0.15) is 5.52 Å². The van der Waals surface area contributed by atoms with Crippen LogP contribution in [-0.2, 0) is 4.79 Å². The van der Waals surface area contributed by atoms with Gasteiger partial charge in [-0.3, -0.25) is 4.79 Å². The van der Waals surface area contributed by atoms with Gasteiger partial charge >= 0.3 is 6.08 Å². The van der Waals surface area contributed by atoms with Crippen molar-refractivity contribution in [2.24, 2.45) is 5.41 Å². The molecule has 0 saturated heterocycles. The molecule has 0 atom stereocenters. The van der Waals surface area contributed by atoms with Gasteiger partial charge in [-0.1, -0.05) is 31.6 Å². The van der Waals surface area contributed by atoms with Crippen LogP contribution in [0, 0.1) is 12.3 Å². The molecule has 0 saturated carbocycles. The summed E-state index contributed by atoms with van der Waals surface area (Å²) in [5.74, 6) is -0.129. The Morgan fingerprint density at radius 3 is 2.84 bits per heavy atom. The zero-order valence-electron chi connectivity index (χ0n) is 15.4. The number of likely N-dealkylation sites (N-methyl/N-ethyl adjacent to an activating group) is 1. The maximum absolute atomic E-state index is 12.5. The highest BCUT2D eigenvalue weighted by Crippen LogP contribution is 2.34. The summed E-state index contributed by atoms with van der Waals surface area (Å²) in [6.07, 6.45) is 5.21. The summed E-state index contributed by atoms with van der Waals surface area (Å²) in [7, 11) is 1.78. The molecule has 0 unspecified atom stereocenters. The number of ether oxygens (including phenoxy) is 1. The summed E-state index contributed by atoms with van der Waals surface area (Å²) >= 11 is 0. The summed E-state index contributed by atoms with van der Waals surface area (Å²) in [4.78, 5) is 18.4. The molecule has 1 aliphatic carbocycles. The highest BCUT2D eigenvalue weighted by atomic mass is 16.6. The molecule has 1 aromatic carbocycles. The third-order valence-corrected chi connectivity index (χ3v) is 4.30. The Labute approximate surface area is 148 Å². The minimum Gasteiger partial charge on any atom is -0.440 e. The van der Waals surface area contributed by atoms with Gasteiger partial charge in [0.25, 0.3) is 5.91 Å². The Balaban J connectivity index is 1.66. The van der Waals surface area contributed by atoms with E-state index in [0.717, 1.165) is 23.2 Å². The number of carbonyl (C=O) groups excluding carboxylic acids is 1. The Hall–Kier alpha value is -2.56. The normalized spacial score (nSPS) is 16.4. The Morgan fingerprint density at radius 1 is 1.36 bits per heavy atom. The number of oxazole rings is 1. The molecule has 0 spiro atoms. The van der Waals surface area contributed by atoms with Crippen molar-refractivity contribution in [1.29, 1.82) is 0 Å². The second kappa shape index (κ2) is 6.39. The molecule has 0 bridgehead atoms. The van der Waals surface area contributed by atoms with Crippen LogP contribution in [0.4, 0.5) is 0 Å². The molecule has 1 aromatic heterocycles. The lowest BCUT2D eigenvalue weighted by molar-refractivity contribution is -0.130. The number of aromatic nitrogens is 1. The molecule has 0 N–H and O–H groups in total. The summed E-state index contributed by atoms with van der Waals surface area (Å²) in [5, 5.41) is 0. The number of carbonyl (C=O) groups is 1. The first-order valence-corrected chi connectivity index (χ1v) is 8.40. The van der Waals surface area contributed by atoms with E-state index in [1.807, 2.05) is 31.2 Å². The summed E-state index contributed by atoms with van der Waals surface area (Å²) in [6, 6.07) is 5.72. The van der Waals surface area contributed by atoms with Crippen LogP contribution in [0.15, 0.2) is 46.0 Å². The summed E-state index contributed by atoms with van der Waals surface area (Å²) in [5.41, 5.74) is 4.68. The summed E-state index contributed by atoms with van der Waals surface area (Å²) < 4.78 is 11.0. The number of amides is 1. The van der Waals surface area contributed by atoms with Crippen LogP contribution in [0.25, 0.3) is 11.1 Å². The second-order valence-electron chi connectivity index (χ2n) is 7.38. The van der Waals surface area contributed by atoms with Gasteiger partial charge in [-0.2, -0.15) is 4.98 Å². The van der Waals surface area contributed by atoms with Crippen LogP contribution in [0.1, 0.15) is 32.8 Å².